The molecule has 0 aliphatic rings. The average molecular weight is 286 g/mol. The lowest BCUT2D eigenvalue weighted by Gasteiger charge is -2.12. The molecule has 1 aromatic heterocycles. The molecule has 19 heavy (non-hydrogen) atoms. The lowest BCUT2D eigenvalue weighted by molar-refractivity contribution is 0.0690. The minimum absolute atomic E-state index is 0.000752. The summed E-state index contributed by atoms with van der Waals surface area (Å²) in [4.78, 5) is 13.6. The lowest BCUT2D eigenvalue weighted by atomic mass is 10.2. The maximum Gasteiger partial charge on any atom is 0.352 e. The molecule has 1 atom stereocenters. The van der Waals surface area contributed by atoms with Crippen molar-refractivity contribution in [3.05, 3.63) is 29.6 Å². The van der Waals surface area contributed by atoms with E-state index >= 15 is 0 Å². The van der Waals surface area contributed by atoms with Gasteiger partial charge in [-0.25, -0.2) is 17.9 Å². The monoisotopic (exact) mass is 286 g/mol. The van der Waals surface area contributed by atoms with Crippen LogP contribution in [0.25, 0.3) is 0 Å². The maximum absolute atomic E-state index is 12.2. The van der Waals surface area contributed by atoms with Gasteiger partial charge in [-0.3, -0.25) is 0 Å². The number of aromatic carboxylic acids is 1. The van der Waals surface area contributed by atoms with Gasteiger partial charge in [0.15, 0.2) is 0 Å². The number of nitrogens with one attached hydrogen (secondary N) is 2. The first kappa shape index (κ1) is 15.5. The number of carbonyl (C=O) groups is 1. The fraction of sp³-hybridized carbons (Fsp3) is 0.417. The average Bonchev–Trinajstić information content (AvgIpc) is 2.54. The van der Waals surface area contributed by atoms with Crippen LogP contribution in [0.1, 0.15) is 35.1 Å². The van der Waals surface area contributed by atoms with E-state index in [1.54, 1.807) is 13.0 Å². The molecular weight excluding hydrogens is 268 g/mol. The molecule has 3 N–H and O–H groups in total. The molecule has 1 aromatic rings. The highest BCUT2D eigenvalue weighted by atomic mass is 32.2. The van der Waals surface area contributed by atoms with Crippen LogP contribution >= 0.6 is 0 Å². The van der Waals surface area contributed by atoms with E-state index in [4.69, 9.17) is 5.11 Å². The summed E-state index contributed by atoms with van der Waals surface area (Å²) in [6, 6.07) is -0.301. The van der Waals surface area contributed by atoms with E-state index in [9.17, 15) is 13.2 Å². The topological polar surface area (TPSA) is 99.3 Å². The van der Waals surface area contributed by atoms with E-state index < -0.39 is 16.0 Å². The van der Waals surface area contributed by atoms with Crippen LogP contribution in [-0.2, 0) is 10.0 Å². The molecule has 0 spiro atoms. The fourth-order valence-electron chi connectivity index (χ4n) is 1.97. The van der Waals surface area contributed by atoms with Crippen molar-refractivity contribution in [2.75, 3.05) is 0 Å². The highest BCUT2D eigenvalue weighted by molar-refractivity contribution is 7.89. The van der Waals surface area contributed by atoms with Gasteiger partial charge in [0.05, 0.1) is 0 Å². The van der Waals surface area contributed by atoms with Crippen LogP contribution in [-0.4, -0.2) is 30.5 Å². The standard InChI is InChI=1S/C12H18N2O4S/c1-5-6-7(2)14-19(17,18)11-8(3)10(12(15)16)13-9(11)4/h5,7,13-14H,1,6H2,2-4H3,(H,15,16). The van der Waals surface area contributed by atoms with Gasteiger partial charge in [0.2, 0.25) is 10.0 Å². The second-order valence-electron chi connectivity index (χ2n) is 4.43. The highest BCUT2D eigenvalue weighted by Crippen LogP contribution is 2.23. The molecule has 0 amide bonds. The Labute approximate surface area is 112 Å². The predicted molar refractivity (Wildman–Crippen MR) is 71.8 cm³/mol. The van der Waals surface area contributed by atoms with Crippen molar-refractivity contribution in [1.29, 1.82) is 0 Å². The Kier molecular flexibility index (Phi) is 4.54. The molecule has 6 nitrogen and oxygen atoms in total. The summed E-state index contributed by atoms with van der Waals surface area (Å²) >= 11 is 0. The zero-order chi connectivity index (χ0) is 14.8. The summed E-state index contributed by atoms with van der Waals surface area (Å²) in [7, 11) is -3.75. The SMILES string of the molecule is C=CCC(C)NS(=O)(=O)c1c(C)[nH]c(C(=O)O)c1C. The quantitative estimate of drug-likeness (QED) is 0.691. The molecular formula is C12H18N2O4S. The van der Waals surface area contributed by atoms with Gasteiger partial charge in [0.25, 0.3) is 0 Å². The molecule has 0 bridgehead atoms. The van der Waals surface area contributed by atoms with Gasteiger partial charge in [-0.05, 0) is 27.2 Å². The van der Waals surface area contributed by atoms with Gasteiger partial charge in [0, 0.05) is 17.3 Å². The second-order valence-corrected chi connectivity index (χ2v) is 6.08. The van der Waals surface area contributed by atoms with Crippen LogP contribution in [0.5, 0.6) is 0 Å². The molecule has 0 fully saturated rings. The van der Waals surface area contributed by atoms with Crippen molar-refractivity contribution in [2.24, 2.45) is 0 Å². The molecule has 1 unspecified atom stereocenters. The molecule has 0 saturated carbocycles. The second kappa shape index (κ2) is 5.58. The molecule has 0 aliphatic heterocycles. The Bertz CT molecular complexity index is 601. The Morgan fingerprint density at radius 2 is 2.11 bits per heavy atom. The molecule has 7 heteroatoms. The molecule has 0 aromatic carbocycles. The molecule has 1 heterocycles. The van der Waals surface area contributed by atoms with Crippen molar-refractivity contribution in [3.8, 4) is 0 Å². The summed E-state index contributed by atoms with van der Waals surface area (Å²) in [5.41, 5.74) is 0.422. The summed E-state index contributed by atoms with van der Waals surface area (Å²) in [6.45, 7) is 8.27. The number of sulfonamides is 1. The summed E-state index contributed by atoms with van der Waals surface area (Å²) in [5, 5.41) is 8.98. The van der Waals surface area contributed by atoms with Gasteiger partial charge in [-0.15, -0.1) is 6.58 Å². The number of aryl methyl sites for hydroxylation is 1. The van der Waals surface area contributed by atoms with Gasteiger partial charge in [0.1, 0.15) is 10.6 Å². The Morgan fingerprint density at radius 3 is 2.53 bits per heavy atom. The number of aromatic amines is 1. The number of aromatic nitrogens is 1. The van der Waals surface area contributed by atoms with Crippen LogP contribution in [0, 0.1) is 13.8 Å². The van der Waals surface area contributed by atoms with Crippen LogP contribution < -0.4 is 4.72 Å². The van der Waals surface area contributed by atoms with Crippen LogP contribution in [0.3, 0.4) is 0 Å². The first-order valence-corrected chi connectivity index (χ1v) is 7.24. The van der Waals surface area contributed by atoms with Crippen molar-refractivity contribution < 1.29 is 18.3 Å². The fourth-order valence-corrected chi connectivity index (χ4v) is 3.67. The third-order valence-corrected chi connectivity index (χ3v) is 4.59. The largest absolute Gasteiger partial charge is 0.477 e. The number of rotatable bonds is 6. The molecule has 1 rings (SSSR count). The lowest BCUT2D eigenvalue weighted by Crippen LogP contribution is -2.32. The Balaban J connectivity index is 3.22. The van der Waals surface area contributed by atoms with Crippen molar-refractivity contribution >= 4 is 16.0 Å². The van der Waals surface area contributed by atoms with E-state index in [0.717, 1.165) is 0 Å². The minimum atomic E-state index is -3.75. The maximum atomic E-state index is 12.2. The molecule has 0 saturated heterocycles. The van der Waals surface area contributed by atoms with E-state index in [2.05, 4.69) is 16.3 Å². The van der Waals surface area contributed by atoms with Crippen molar-refractivity contribution in [1.82, 2.24) is 9.71 Å². The number of carboxylic acids is 1. The molecule has 106 valence electrons. The van der Waals surface area contributed by atoms with Gasteiger partial charge in [-0.2, -0.15) is 0 Å². The first-order valence-electron chi connectivity index (χ1n) is 5.76. The summed E-state index contributed by atoms with van der Waals surface area (Å²) in [5.74, 6) is -1.18. The van der Waals surface area contributed by atoms with Crippen LogP contribution in [0.4, 0.5) is 0 Å². The number of hydrogen-bond acceptors (Lipinski definition) is 3. The van der Waals surface area contributed by atoms with Crippen LogP contribution in [0.15, 0.2) is 17.6 Å². The molecule has 0 aliphatic carbocycles. The molecule has 0 radical (unpaired) electrons. The van der Waals surface area contributed by atoms with Crippen LogP contribution in [0.2, 0.25) is 0 Å². The van der Waals surface area contributed by atoms with Crippen molar-refractivity contribution in [3.63, 3.8) is 0 Å². The van der Waals surface area contributed by atoms with E-state index in [-0.39, 0.29) is 22.2 Å². The number of hydrogen-bond donors (Lipinski definition) is 3. The third-order valence-electron chi connectivity index (χ3n) is 2.73. The smallest absolute Gasteiger partial charge is 0.352 e. The van der Waals surface area contributed by atoms with E-state index in [0.29, 0.717) is 12.1 Å². The van der Waals surface area contributed by atoms with Gasteiger partial charge >= 0.3 is 5.97 Å². The zero-order valence-corrected chi connectivity index (χ0v) is 12.0. The third kappa shape index (κ3) is 3.24. The summed E-state index contributed by atoms with van der Waals surface area (Å²) < 4.78 is 27.0. The van der Waals surface area contributed by atoms with E-state index in [1.165, 1.54) is 13.8 Å². The zero-order valence-electron chi connectivity index (χ0n) is 11.1. The Hall–Kier alpha value is -1.60. The number of carboxylic acid groups (broad SMARTS) is 1. The predicted octanol–water partition coefficient (Wildman–Crippen LogP) is 1.57. The normalized spacial score (nSPS) is 13.2. The van der Waals surface area contributed by atoms with E-state index in [1.807, 2.05) is 0 Å². The van der Waals surface area contributed by atoms with Crippen molar-refractivity contribution in [2.45, 2.75) is 38.1 Å². The minimum Gasteiger partial charge on any atom is -0.477 e. The number of H-pyrrole nitrogens is 1. The highest BCUT2D eigenvalue weighted by Gasteiger charge is 2.27. The summed E-state index contributed by atoms with van der Waals surface area (Å²) in [6.07, 6.45) is 2.11. The Morgan fingerprint density at radius 1 is 1.53 bits per heavy atom. The van der Waals surface area contributed by atoms with Gasteiger partial charge in [-0.1, -0.05) is 6.08 Å². The first-order chi connectivity index (χ1) is 8.70. The van der Waals surface area contributed by atoms with Gasteiger partial charge < -0.3 is 10.1 Å².